The molecule has 0 aromatic carbocycles. The first-order valence-electron chi connectivity index (χ1n) is 6.42. The monoisotopic (exact) mass is 269 g/mol. The number of likely N-dealkylation sites (N-methyl/N-ethyl adjacent to an activating group) is 2. The minimum atomic E-state index is 0.453. The molecule has 4 heteroatoms. The summed E-state index contributed by atoms with van der Waals surface area (Å²) < 4.78 is 0. The van der Waals surface area contributed by atoms with Gasteiger partial charge in [0.05, 0.1) is 5.88 Å². The number of pyridine rings is 1. The minimum Gasteiger partial charge on any atom is -0.367 e. The average molecular weight is 270 g/mol. The van der Waals surface area contributed by atoms with Gasteiger partial charge in [-0.1, -0.05) is 0 Å². The first kappa shape index (κ1) is 15.3. The van der Waals surface area contributed by atoms with E-state index in [0.717, 1.165) is 24.3 Å². The summed E-state index contributed by atoms with van der Waals surface area (Å²) >= 11 is 6.02. The Morgan fingerprint density at radius 3 is 2.56 bits per heavy atom. The minimum absolute atomic E-state index is 0.453. The quantitative estimate of drug-likeness (QED) is 0.741. The normalized spacial score (nSPS) is 12.8. The van der Waals surface area contributed by atoms with Gasteiger partial charge in [0.25, 0.3) is 0 Å². The van der Waals surface area contributed by atoms with E-state index in [1.165, 1.54) is 5.69 Å². The first-order valence-corrected chi connectivity index (χ1v) is 6.95. The SMILES string of the molecule is CCN(c1cc(C)ncc1CCl)C(C)CN(C)C. The van der Waals surface area contributed by atoms with E-state index < -0.39 is 0 Å². The fourth-order valence-corrected chi connectivity index (χ4v) is 2.50. The number of aryl methyl sites for hydroxylation is 1. The van der Waals surface area contributed by atoms with Crippen LogP contribution in [0, 0.1) is 6.92 Å². The van der Waals surface area contributed by atoms with E-state index in [2.05, 4.69) is 48.8 Å². The van der Waals surface area contributed by atoms with Gasteiger partial charge in [-0.25, -0.2) is 0 Å². The fourth-order valence-electron chi connectivity index (χ4n) is 2.29. The maximum atomic E-state index is 6.02. The third-order valence-corrected chi connectivity index (χ3v) is 3.34. The van der Waals surface area contributed by atoms with E-state index in [4.69, 9.17) is 11.6 Å². The predicted molar refractivity (Wildman–Crippen MR) is 79.6 cm³/mol. The molecule has 102 valence electrons. The zero-order chi connectivity index (χ0) is 13.7. The summed E-state index contributed by atoms with van der Waals surface area (Å²) in [5.41, 5.74) is 3.36. The molecule has 0 saturated heterocycles. The number of alkyl halides is 1. The Balaban J connectivity index is 3.03. The molecule has 1 atom stereocenters. The molecule has 1 aromatic rings. The van der Waals surface area contributed by atoms with E-state index in [0.29, 0.717) is 11.9 Å². The van der Waals surface area contributed by atoms with Gasteiger partial charge in [0.1, 0.15) is 0 Å². The average Bonchev–Trinajstić information content (AvgIpc) is 2.29. The largest absolute Gasteiger partial charge is 0.367 e. The van der Waals surface area contributed by atoms with Crippen molar-refractivity contribution in [2.24, 2.45) is 0 Å². The molecular weight excluding hydrogens is 246 g/mol. The molecule has 18 heavy (non-hydrogen) atoms. The Morgan fingerprint density at radius 1 is 1.39 bits per heavy atom. The Bertz CT molecular complexity index is 379. The topological polar surface area (TPSA) is 19.4 Å². The van der Waals surface area contributed by atoms with Gasteiger partial charge in [0, 0.05) is 42.3 Å². The van der Waals surface area contributed by atoms with Crippen LogP contribution in [0.2, 0.25) is 0 Å². The van der Waals surface area contributed by atoms with Crippen LogP contribution in [0.25, 0.3) is 0 Å². The summed E-state index contributed by atoms with van der Waals surface area (Å²) in [6.07, 6.45) is 1.89. The molecular formula is C14H24ClN3. The molecule has 0 fully saturated rings. The van der Waals surface area contributed by atoms with E-state index in [1.807, 2.05) is 13.1 Å². The van der Waals surface area contributed by atoms with Crippen LogP contribution < -0.4 is 4.90 Å². The number of hydrogen-bond acceptors (Lipinski definition) is 3. The summed E-state index contributed by atoms with van der Waals surface area (Å²) in [4.78, 5) is 8.93. The maximum Gasteiger partial charge on any atom is 0.0509 e. The molecule has 0 radical (unpaired) electrons. The summed E-state index contributed by atoms with van der Waals surface area (Å²) in [6, 6.07) is 2.58. The third-order valence-electron chi connectivity index (χ3n) is 3.05. The molecule has 3 nitrogen and oxygen atoms in total. The predicted octanol–water partition coefficient (Wildman–Crippen LogP) is 2.91. The van der Waals surface area contributed by atoms with Crippen molar-refractivity contribution in [2.75, 3.05) is 32.1 Å². The van der Waals surface area contributed by atoms with Crippen LogP contribution in [0.15, 0.2) is 12.3 Å². The van der Waals surface area contributed by atoms with E-state index in [-0.39, 0.29) is 0 Å². The summed E-state index contributed by atoms with van der Waals surface area (Å²) in [5.74, 6) is 0.508. The lowest BCUT2D eigenvalue weighted by atomic mass is 10.1. The van der Waals surface area contributed by atoms with Gasteiger partial charge in [-0.15, -0.1) is 11.6 Å². The van der Waals surface area contributed by atoms with Crippen LogP contribution in [0.1, 0.15) is 25.1 Å². The highest BCUT2D eigenvalue weighted by Gasteiger charge is 2.17. The summed E-state index contributed by atoms with van der Waals surface area (Å²) in [6.45, 7) is 8.45. The Labute approximate surface area is 116 Å². The third kappa shape index (κ3) is 3.85. The van der Waals surface area contributed by atoms with Crippen LogP contribution in [0.4, 0.5) is 5.69 Å². The van der Waals surface area contributed by atoms with Crippen LogP contribution in [-0.4, -0.2) is 43.1 Å². The van der Waals surface area contributed by atoms with Crippen molar-refractivity contribution in [3.8, 4) is 0 Å². The maximum absolute atomic E-state index is 6.02. The smallest absolute Gasteiger partial charge is 0.0509 e. The van der Waals surface area contributed by atoms with Gasteiger partial charge in [-0.2, -0.15) is 0 Å². The standard InChI is InChI=1S/C14H24ClN3/c1-6-18(12(3)10-17(4)5)14-7-11(2)16-9-13(14)8-15/h7,9,12H,6,8,10H2,1-5H3. The van der Waals surface area contributed by atoms with Crippen molar-refractivity contribution in [1.82, 2.24) is 9.88 Å². The van der Waals surface area contributed by atoms with Crippen molar-refractivity contribution in [2.45, 2.75) is 32.7 Å². The number of hydrogen-bond donors (Lipinski definition) is 0. The van der Waals surface area contributed by atoms with Crippen molar-refractivity contribution in [1.29, 1.82) is 0 Å². The zero-order valence-electron chi connectivity index (χ0n) is 12.1. The lowest BCUT2D eigenvalue weighted by Crippen LogP contribution is -2.40. The van der Waals surface area contributed by atoms with Gasteiger partial charge >= 0.3 is 0 Å². The molecule has 1 heterocycles. The highest BCUT2D eigenvalue weighted by atomic mass is 35.5. The molecule has 1 aromatic heterocycles. The van der Waals surface area contributed by atoms with Crippen molar-refractivity contribution in [3.05, 3.63) is 23.5 Å². The van der Waals surface area contributed by atoms with Crippen LogP contribution in [0.3, 0.4) is 0 Å². The highest BCUT2D eigenvalue weighted by molar-refractivity contribution is 6.17. The van der Waals surface area contributed by atoms with Crippen LogP contribution in [0.5, 0.6) is 0 Å². The molecule has 1 unspecified atom stereocenters. The molecule has 0 amide bonds. The number of aromatic nitrogens is 1. The number of halogens is 1. The Morgan fingerprint density at radius 2 is 2.06 bits per heavy atom. The summed E-state index contributed by atoms with van der Waals surface area (Å²) in [5, 5.41) is 0. The molecule has 0 aliphatic heterocycles. The van der Waals surface area contributed by atoms with Gasteiger partial charge in [0.15, 0.2) is 0 Å². The second-order valence-corrected chi connectivity index (χ2v) is 5.25. The molecule has 0 spiro atoms. The second-order valence-electron chi connectivity index (χ2n) is 4.99. The van der Waals surface area contributed by atoms with Crippen molar-refractivity contribution >= 4 is 17.3 Å². The van der Waals surface area contributed by atoms with Gasteiger partial charge < -0.3 is 9.80 Å². The zero-order valence-corrected chi connectivity index (χ0v) is 12.8. The Hall–Kier alpha value is -0.800. The fraction of sp³-hybridized carbons (Fsp3) is 0.643. The number of nitrogens with zero attached hydrogens (tertiary/aromatic N) is 3. The van der Waals surface area contributed by atoms with Crippen molar-refractivity contribution < 1.29 is 0 Å². The van der Waals surface area contributed by atoms with Gasteiger partial charge in [-0.3, -0.25) is 4.98 Å². The molecule has 0 bridgehead atoms. The van der Waals surface area contributed by atoms with Crippen LogP contribution >= 0.6 is 11.6 Å². The first-order chi connectivity index (χ1) is 8.49. The molecule has 1 rings (SSSR count). The lowest BCUT2D eigenvalue weighted by Gasteiger charge is -2.33. The molecule has 0 N–H and O–H groups in total. The molecule has 0 aliphatic carbocycles. The highest BCUT2D eigenvalue weighted by Crippen LogP contribution is 2.24. The van der Waals surface area contributed by atoms with Crippen molar-refractivity contribution in [3.63, 3.8) is 0 Å². The number of rotatable bonds is 6. The van der Waals surface area contributed by atoms with E-state index >= 15 is 0 Å². The Kier molecular flexibility index (Phi) is 5.89. The van der Waals surface area contributed by atoms with Gasteiger partial charge in [-0.05, 0) is 40.9 Å². The van der Waals surface area contributed by atoms with E-state index in [1.54, 1.807) is 0 Å². The lowest BCUT2D eigenvalue weighted by molar-refractivity contribution is 0.373. The van der Waals surface area contributed by atoms with E-state index in [9.17, 15) is 0 Å². The van der Waals surface area contributed by atoms with Crippen LogP contribution in [-0.2, 0) is 5.88 Å². The second kappa shape index (κ2) is 6.95. The molecule has 0 saturated carbocycles. The number of anilines is 1. The molecule has 0 aliphatic rings. The summed E-state index contributed by atoms with van der Waals surface area (Å²) in [7, 11) is 4.20. The van der Waals surface area contributed by atoms with Gasteiger partial charge in [0.2, 0.25) is 0 Å².